The fourth-order valence-electron chi connectivity index (χ4n) is 3.72. The summed E-state index contributed by atoms with van der Waals surface area (Å²) in [5, 5.41) is 24.7. The molecule has 35 heavy (non-hydrogen) atoms. The SMILES string of the molecule is CCOc1ccc(C2C(C(=O)OC)=C(CSc3nnc(-c4ccccc4)s3)Nc3nnnn32)cc1. The summed E-state index contributed by atoms with van der Waals surface area (Å²) < 4.78 is 13.1. The van der Waals surface area contributed by atoms with Gasteiger partial charge in [0.1, 0.15) is 16.8 Å². The first-order valence-corrected chi connectivity index (χ1v) is 12.6. The van der Waals surface area contributed by atoms with Gasteiger partial charge in [-0.15, -0.1) is 10.2 Å². The lowest BCUT2D eigenvalue weighted by Crippen LogP contribution is -2.30. The molecule has 2 aromatic heterocycles. The van der Waals surface area contributed by atoms with Crippen molar-refractivity contribution < 1.29 is 14.3 Å². The van der Waals surface area contributed by atoms with Gasteiger partial charge in [-0.1, -0.05) is 70.7 Å². The maximum Gasteiger partial charge on any atom is 0.338 e. The Bertz CT molecular complexity index is 1350. The van der Waals surface area contributed by atoms with E-state index in [1.54, 1.807) is 4.68 Å². The minimum absolute atomic E-state index is 0.425. The van der Waals surface area contributed by atoms with Crippen molar-refractivity contribution in [2.24, 2.45) is 0 Å². The number of carbonyl (C=O) groups excluding carboxylic acids is 1. The maximum absolute atomic E-state index is 13.0. The highest BCUT2D eigenvalue weighted by molar-refractivity contribution is 8.01. The monoisotopic (exact) mass is 507 g/mol. The molecule has 1 atom stereocenters. The van der Waals surface area contributed by atoms with Gasteiger partial charge in [-0.2, -0.15) is 4.68 Å². The van der Waals surface area contributed by atoms with Gasteiger partial charge in [-0.25, -0.2) is 4.79 Å². The van der Waals surface area contributed by atoms with Crippen molar-refractivity contribution in [1.29, 1.82) is 0 Å². The zero-order chi connectivity index (χ0) is 24.2. The van der Waals surface area contributed by atoms with Crippen molar-refractivity contribution in [1.82, 2.24) is 30.4 Å². The van der Waals surface area contributed by atoms with Crippen LogP contribution in [0.2, 0.25) is 0 Å². The van der Waals surface area contributed by atoms with Crippen molar-refractivity contribution in [2.45, 2.75) is 17.3 Å². The summed E-state index contributed by atoms with van der Waals surface area (Å²) in [5.41, 5.74) is 2.92. The maximum atomic E-state index is 13.0. The van der Waals surface area contributed by atoms with Gasteiger partial charge in [0.15, 0.2) is 4.34 Å². The molecule has 4 aromatic rings. The molecule has 1 unspecified atom stereocenters. The Kier molecular flexibility index (Phi) is 6.73. The summed E-state index contributed by atoms with van der Waals surface area (Å²) in [4.78, 5) is 13.0. The van der Waals surface area contributed by atoms with Crippen LogP contribution in [0.4, 0.5) is 5.95 Å². The fourth-order valence-corrected chi connectivity index (χ4v) is 5.54. The van der Waals surface area contributed by atoms with Gasteiger partial charge in [0, 0.05) is 17.0 Å². The molecule has 5 rings (SSSR count). The molecule has 1 N–H and O–H groups in total. The number of fused-ring (bicyclic) bond motifs is 1. The van der Waals surface area contributed by atoms with Crippen LogP contribution >= 0.6 is 23.1 Å². The molecule has 0 spiro atoms. The second-order valence-electron chi connectivity index (χ2n) is 7.39. The summed E-state index contributed by atoms with van der Waals surface area (Å²) in [6.45, 7) is 2.49. The molecular formula is C23H21N7O3S2. The minimum Gasteiger partial charge on any atom is -0.494 e. The third kappa shape index (κ3) is 4.75. The number of thioether (sulfide) groups is 1. The first-order valence-electron chi connectivity index (χ1n) is 10.8. The number of carbonyl (C=O) groups is 1. The normalized spacial score (nSPS) is 14.9. The van der Waals surface area contributed by atoms with Gasteiger partial charge in [-0.05, 0) is 35.0 Å². The summed E-state index contributed by atoms with van der Waals surface area (Å²) in [5.74, 6) is 1.14. The topological polar surface area (TPSA) is 117 Å². The van der Waals surface area contributed by atoms with E-state index in [0.29, 0.717) is 29.6 Å². The van der Waals surface area contributed by atoms with E-state index < -0.39 is 12.0 Å². The van der Waals surface area contributed by atoms with Crippen molar-refractivity contribution in [3.05, 3.63) is 71.4 Å². The average Bonchev–Trinajstić information content (AvgIpc) is 3.57. The number of benzene rings is 2. The Morgan fingerprint density at radius 1 is 1.11 bits per heavy atom. The molecule has 1 aliphatic heterocycles. The molecule has 0 saturated carbocycles. The van der Waals surface area contributed by atoms with Crippen LogP contribution < -0.4 is 10.1 Å². The minimum atomic E-state index is -0.561. The van der Waals surface area contributed by atoms with Crippen LogP contribution in [0.1, 0.15) is 18.5 Å². The van der Waals surface area contributed by atoms with Gasteiger partial charge in [-0.3, -0.25) is 0 Å². The van der Waals surface area contributed by atoms with E-state index in [1.165, 1.54) is 30.2 Å². The van der Waals surface area contributed by atoms with Gasteiger partial charge in [0.05, 0.1) is 19.3 Å². The van der Waals surface area contributed by atoms with Crippen molar-refractivity contribution in [3.63, 3.8) is 0 Å². The number of ether oxygens (including phenoxy) is 2. The number of rotatable bonds is 8. The second kappa shape index (κ2) is 10.2. The lowest BCUT2D eigenvalue weighted by molar-refractivity contribution is -0.136. The second-order valence-corrected chi connectivity index (χ2v) is 9.59. The third-order valence-corrected chi connectivity index (χ3v) is 7.41. The Balaban J connectivity index is 1.47. The highest BCUT2D eigenvalue weighted by Crippen LogP contribution is 2.38. The fraction of sp³-hybridized carbons (Fsp3) is 0.217. The smallest absolute Gasteiger partial charge is 0.338 e. The molecule has 178 valence electrons. The number of hydrogen-bond donors (Lipinski definition) is 1. The van der Waals surface area contributed by atoms with Crippen molar-refractivity contribution in [2.75, 3.05) is 24.8 Å². The van der Waals surface area contributed by atoms with Crippen LogP contribution in [0.3, 0.4) is 0 Å². The molecular weight excluding hydrogens is 486 g/mol. The molecule has 10 nitrogen and oxygen atoms in total. The van der Waals surface area contributed by atoms with Gasteiger partial charge in [0.25, 0.3) is 0 Å². The molecule has 0 bridgehead atoms. The van der Waals surface area contributed by atoms with E-state index in [4.69, 9.17) is 9.47 Å². The van der Waals surface area contributed by atoms with Gasteiger partial charge in [0.2, 0.25) is 5.95 Å². The Morgan fingerprint density at radius 3 is 2.66 bits per heavy atom. The van der Waals surface area contributed by atoms with Gasteiger partial charge >= 0.3 is 5.97 Å². The lowest BCUT2D eigenvalue weighted by atomic mass is 9.95. The predicted molar refractivity (Wildman–Crippen MR) is 132 cm³/mol. The average molecular weight is 508 g/mol. The van der Waals surface area contributed by atoms with E-state index in [1.807, 2.05) is 61.5 Å². The zero-order valence-electron chi connectivity index (χ0n) is 18.9. The van der Waals surface area contributed by atoms with Crippen LogP contribution in [0.15, 0.2) is 70.2 Å². The molecule has 2 aromatic carbocycles. The number of nitrogens with zero attached hydrogens (tertiary/aromatic N) is 6. The number of tetrazole rings is 1. The summed E-state index contributed by atoms with van der Waals surface area (Å²) in [6, 6.07) is 16.9. The standard InChI is InChI=1S/C23H21N7O3S2/c1-3-33-16-11-9-14(10-12-16)19-18(21(31)32-2)17(24-22-26-28-29-30(19)22)13-34-23-27-25-20(35-23)15-7-5-4-6-8-15/h4-12,19H,3,13H2,1-2H3,(H,24,26,29). The van der Waals surface area contributed by atoms with Gasteiger partial charge < -0.3 is 14.8 Å². The van der Waals surface area contributed by atoms with E-state index in [9.17, 15) is 4.79 Å². The number of methoxy groups -OCH3 is 1. The highest BCUT2D eigenvalue weighted by Gasteiger charge is 2.36. The molecule has 0 saturated heterocycles. The molecule has 0 aliphatic carbocycles. The highest BCUT2D eigenvalue weighted by atomic mass is 32.2. The van der Waals surface area contributed by atoms with E-state index in [0.717, 1.165) is 26.2 Å². The number of nitrogens with one attached hydrogen (secondary N) is 1. The largest absolute Gasteiger partial charge is 0.494 e. The third-order valence-electron chi connectivity index (χ3n) is 5.28. The molecule has 0 radical (unpaired) electrons. The van der Waals surface area contributed by atoms with Crippen LogP contribution in [0, 0.1) is 0 Å². The van der Waals surface area contributed by atoms with Crippen LogP contribution in [0.25, 0.3) is 10.6 Å². The first kappa shape index (κ1) is 23.0. The Morgan fingerprint density at radius 2 is 1.91 bits per heavy atom. The molecule has 3 heterocycles. The number of hydrogen-bond acceptors (Lipinski definition) is 11. The quantitative estimate of drug-likeness (QED) is 0.279. The summed E-state index contributed by atoms with van der Waals surface area (Å²) >= 11 is 2.97. The van der Waals surface area contributed by atoms with E-state index in [2.05, 4.69) is 31.0 Å². The zero-order valence-corrected chi connectivity index (χ0v) is 20.5. The van der Waals surface area contributed by atoms with Crippen LogP contribution in [0.5, 0.6) is 5.75 Å². The van der Waals surface area contributed by atoms with E-state index in [-0.39, 0.29) is 0 Å². The number of aromatic nitrogens is 6. The van der Waals surface area contributed by atoms with E-state index >= 15 is 0 Å². The van der Waals surface area contributed by atoms with Crippen LogP contribution in [-0.4, -0.2) is 55.8 Å². The molecule has 12 heteroatoms. The number of anilines is 1. The molecule has 0 amide bonds. The van der Waals surface area contributed by atoms with Crippen molar-refractivity contribution >= 4 is 35.0 Å². The molecule has 1 aliphatic rings. The lowest BCUT2D eigenvalue weighted by Gasteiger charge is -2.28. The summed E-state index contributed by atoms with van der Waals surface area (Å²) in [7, 11) is 1.36. The summed E-state index contributed by atoms with van der Waals surface area (Å²) in [6.07, 6.45) is 0. The van der Waals surface area contributed by atoms with Crippen LogP contribution in [-0.2, 0) is 9.53 Å². The predicted octanol–water partition coefficient (Wildman–Crippen LogP) is 3.82. The first-order chi connectivity index (χ1) is 17.2. The Labute approximate surface area is 209 Å². The number of esters is 1. The van der Waals surface area contributed by atoms with Crippen molar-refractivity contribution in [3.8, 4) is 16.3 Å². The Hall–Kier alpha value is -3.77. The molecule has 0 fully saturated rings.